The zero-order valence-corrected chi connectivity index (χ0v) is 20.4. The van der Waals surface area contributed by atoms with Gasteiger partial charge in [-0.3, -0.25) is 9.59 Å². The molecule has 32 heavy (non-hydrogen) atoms. The predicted octanol–water partition coefficient (Wildman–Crippen LogP) is 3.89. The maximum absolute atomic E-state index is 12.1. The fourth-order valence-corrected chi connectivity index (χ4v) is 5.93. The molecule has 0 aliphatic carbocycles. The Balaban J connectivity index is 1.35. The third-order valence-electron chi connectivity index (χ3n) is 6.27. The summed E-state index contributed by atoms with van der Waals surface area (Å²) in [4.78, 5) is 46.1. The lowest BCUT2D eigenvalue weighted by Crippen LogP contribution is -2.36. The van der Waals surface area contributed by atoms with Gasteiger partial charge in [-0.2, -0.15) is 11.8 Å². The van der Waals surface area contributed by atoms with Crippen LogP contribution < -0.4 is 16.0 Å². The second-order valence-electron chi connectivity index (χ2n) is 9.18. The van der Waals surface area contributed by atoms with Crippen molar-refractivity contribution in [1.29, 1.82) is 0 Å². The lowest BCUT2D eigenvalue weighted by molar-refractivity contribution is -0.121. The molecular formula is C24H41N3O4S. The number of thioether (sulfide) groups is 1. The molecule has 3 N–H and O–H groups in total. The summed E-state index contributed by atoms with van der Waals surface area (Å²) in [5, 5.41) is 9.38. The van der Waals surface area contributed by atoms with Crippen LogP contribution in [0.5, 0.6) is 0 Å². The molecule has 3 amide bonds. The molecule has 2 rings (SSSR count). The van der Waals surface area contributed by atoms with Crippen LogP contribution in [0.3, 0.4) is 0 Å². The first-order valence-electron chi connectivity index (χ1n) is 12.4. The van der Waals surface area contributed by atoms with E-state index in [1.165, 1.54) is 0 Å². The summed E-state index contributed by atoms with van der Waals surface area (Å²) in [6.07, 6.45) is 12.1. The van der Waals surface area contributed by atoms with Crippen LogP contribution in [-0.4, -0.2) is 53.1 Å². The Labute approximate surface area is 197 Å². The summed E-state index contributed by atoms with van der Waals surface area (Å²) in [5.74, 6) is 1.66. The molecule has 0 aromatic rings. The van der Waals surface area contributed by atoms with Gasteiger partial charge in [0.2, 0.25) is 5.91 Å². The molecule has 0 radical (unpaired) electrons. The number of hydrogen-bond donors (Lipinski definition) is 3. The third-order valence-corrected chi connectivity index (χ3v) is 7.78. The van der Waals surface area contributed by atoms with E-state index in [0.717, 1.165) is 70.0 Å². The summed E-state index contributed by atoms with van der Waals surface area (Å²) in [5.41, 5.74) is 0. The van der Waals surface area contributed by atoms with Crippen molar-refractivity contribution in [2.75, 3.05) is 12.3 Å². The third kappa shape index (κ3) is 10.8. The van der Waals surface area contributed by atoms with Crippen molar-refractivity contribution in [2.24, 2.45) is 0 Å². The molecule has 0 aromatic heterocycles. The summed E-state index contributed by atoms with van der Waals surface area (Å²) in [6.45, 7) is 2.30. The van der Waals surface area contributed by atoms with Crippen LogP contribution in [0.2, 0.25) is 0 Å². The van der Waals surface area contributed by atoms with Gasteiger partial charge in [0.05, 0.1) is 12.1 Å². The number of fused-ring (bicyclic) bond motifs is 1. The average Bonchev–Trinajstić information content (AvgIpc) is 3.29. The van der Waals surface area contributed by atoms with Crippen LogP contribution in [0.4, 0.5) is 4.79 Å². The Kier molecular flexibility index (Phi) is 12.8. The summed E-state index contributed by atoms with van der Waals surface area (Å²) >= 11 is 1.92. The second-order valence-corrected chi connectivity index (χ2v) is 10.5. The van der Waals surface area contributed by atoms with E-state index in [-0.39, 0.29) is 29.8 Å². The van der Waals surface area contributed by atoms with E-state index >= 15 is 0 Å². The fourth-order valence-electron chi connectivity index (χ4n) is 4.39. The van der Waals surface area contributed by atoms with Crippen molar-refractivity contribution in [3.63, 3.8) is 0 Å². The van der Waals surface area contributed by atoms with Gasteiger partial charge in [0.15, 0.2) is 0 Å². The Morgan fingerprint density at radius 1 is 0.875 bits per heavy atom. The Bertz CT molecular complexity index is 628. The number of Topliss-reactive ketones (excluding diaryl/α,β-unsaturated/α-hetero) is 2. The summed E-state index contributed by atoms with van der Waals surface area (Å²) in [7, 11) is 0. The lowest BCUT2D eigenvalue weighted by Gasteiger charge is -2.16. The van der Waals surface area contributed by atoms with Crippen molar-refractivity contribution in [3.05, 3.63) is 0 Å². The van der Waals surface area contributed by atoms with Crippen LogP contribution in [0, 0.1) is 0 Å². The summed E-state index contributed by atoms with van der Waals surface area (Å²) < 4.78 is 0. The molecule has 182 valence electrons. The smallest absolute Gasteiger partial charge is 0.315 e. The van der Waals surface area contributed by atoms with E-state index in [4.69, 9.17) is 0 Å². The number of carbonyl (C=O) groups excluding carboxylic acids is 4. The molecule has 0 saturated carbocycles. The SMILES string of the molecule is CC(=O)CCCCCNC(=O)CCCCCCC(=O)CCCCC1SCC2NC(=O)NC21. The highest BCUT2D eigenvalue weighted by atomic mass is 32.2. The molecule has 3 unspecified atom stereocenters. The molecule has 2 aliphatic rings. The number of unbranched alkanes of at least 4 members (excludes halogenated alkanes) is 6. The highest BCUT2D eigenvalue weighted by Gasteiger charge is 2.42. The standard InChI is InChI=1S/C24H41N3O4S/c1-18(28)11-5-4-10-16-25-22(30)15-7-3-2-6-12-19(29)13-8-9-14-21-23-20(17-32-21)26-24(31)27-23/h20-21,23H,2-17H2,1H3,(H,25,30)(H2,26,27,31). The molecule has 2 saturated heterocycles. The van der Waals surface area contributed by atoms with E-state index in [2.05, 4.69) is 16.0 Å². The molecule has 2 aliphatic heterocycles. The first kappa shape index (κ1) is 26.7. The minimum Gasteiger partial charge on any atom is -0.356 e. The highest BCUT2D eigenvalue weighted by molar-refractivity contribution is 8.00. The number of hydrogen-bond acceptors (Lipinski definition) is 5. The predicted molar refractivity (Wildman–Crippen MR) is 129 cm³/mol. The Morgan fingerprint density at radius 2 is 1.53 bits per heavy atom. The first-order valence-corrected chi connectivity index (χ1v) is 13.5. The van der Waals surface area contributed by atoms with E-state index in [1.54, 1.807) is 6.92 Å². The monoisotopic (exact) mass is 467 g/mol. The first-order chi connectivity index (χ1) is 15.5. The minimum atomic E-state index is -0.0430. The number of carbonyl (C=O) groups is 4. The second kappa shape index (κ2) is 15.3. The molecule has 0 aromatic carbocycles. The van der Waals surface area contributed by atoms with Crippen molar-refractivity contribution in [3.8, 4) is 0 Å². The molecular weight excluding hydrogens is 426 g/mol. The molecule has 0 spiro atoms. The van der Waals surface area contributed by atoms with Crippen molar-refractivity contribution < 1.29 is 19.2 Å². The van der Waals surface area contributed by atoms with E-state index in [0.29, 0.717) is 43.3 Å². The van der Waals surface area contributed by atoms with Gasteiger partial charge in [0, 0.05) is 43.2 Å². The Hall–Kier alpha value is -1.57. The van der Waals surface area contributed by atoms with Crippen LogP contribution in [0.25, 0.3) is 0 Å². The molecule has 8 heteroatoms. The van der Waals surface area contributed by atoms with Crippen molar-refractivity contribution in [1.82, 2.24) is 16.0 Å². The van der Waals surface area contributed by atoms with E-state index in [9.17, 15) is 19.2 Å². The van der Waals surface area contributed by atoms with Gasteiger partial charge in [-0.1, -0.05) is 25.7 Å². The quantitative estimate of drug-likeness (QED) is 0.210. The maximum Gasteiger partial charge on any atom is 0.315 e. The van der Waals surface area contributed by atoms with E-state index in [1.807, 2.05) is 11.8 Å². The van der Waals surface area contributed by atoms with Gasteiger partial charge in [0.25, 0.3) is 0 Å². The molecule has 0 bridgehead atoms. The Morgan fingerprint density at radius 3 is 2.28 bits per heavy atom. The molecule has 3 atom stereocenters. The topological polar surface area (TPSA) is 104 Å². The molecule has 2 fully saturated rings. The molecule has 7 nitrogen and oxygen atoms in total. The van der Waals surface area contributed by atoms with Crippen LogP contribution in [-0.2, 0) is 14.4 Å². The number of nitrogens with one attached hydrogen (secondary N) is 3. The van der Waals surface area contributed by atoms with Gasteiger partial charge in [-0.25, -0.2) is 4.79 Å². The number of ketones is 2. The summed E-state index contributed by atoms with van der Waals surface area (Å²) in [6, 6.07) is 0.482. The van der Waals surface area contributed by atoms with E-state index < -0.39 is 0 Å². The van der Waals surface area contributed by atoms with Gasteiger partial charge in [-0.15, -0.1) is 0 Å². The van der Waals surface area contributed by atoms with Gasteiger partial charge in [-0.05, 0) is 45.4 Å². The zero-order chi connectivity index (χ0) is 23.2. The van der Waals surface area contributed by atoms with Crippen LogP contribution in [0.15, 0.2) is 0 Å². The molecule has 2 heterocycles. The van der Waals surface area contributed by atoms with Crippen molar-refractivity contribution in [2.45, 2.75) is 114 Å². The highest BCUT2D eigenvalue weighted by Crippen LogP contribution is 2.33. The van der Waals surface area contributed by atoms with Crippen molar-refractivity contribution >= 4 is 35.3 Å². The zero-order valence-electron chi connectivity index (χ0n) is 19.6. The number of rotatable bonds is 18. The van der Waals surface area contributed by atoms with Gasteiger partial charge in [0.1, 0.15) is 11.6 Å². The lowest BCUT2D eigenvalue weighted by atomic mass is 10.0. The van der Waals surface area contributed by atoms with Crippen LogP contribution >= 0.6 is 11.8 Å². The largest absolute Gasteiger partial charge is 0.356 e. The number of urea groups is 1. The van der Waals surface area contributed by atoms with Crippen LogP contribution in [0.1, 0.15) is 96.8 Å². The average molecular weight is 468 g/mol. The fraction of sp³-hybridized carbons (Fsp3) is 0.833. The maximum atomic E-state index is 12.1. The number of amides is 3. The van der Waals surface area contributed by atoms with Gasteiger partial charge >= 0.3 is 6.03 Å². The minimum absolute atomic E-state index is 0.0430. The normalized spacial score (nSPS) is 21.7. The van der Waals surface area contributed by atoms with Gasteiger partial charge < -0.3 is 20.7 Å².